The zero-order valence-corrected chi connectivity index (χ0v) is 5.93. The summed E-state index contributed by atoms with van der Waals surface area (Å²) in [5, 5.41) is 0. The maximum Gasteiger partial charge on any atom is 0.433 e. The van der Waals surface area contributed by atoms with Crippen molar-refractivity contribution in [3.8, 4) is 5.75 Å². The molecule has 0 spiro atoms. The fraction of sp³-hybridized carbons (Fsp3) is 0.143. The number of halogens is 3. The molecule has 0 aliphatic heterocycles. The first-order valence-corrected chi connectivity index (χ1v) is 2.99. The van der Waals surface area contributed by atoms with Crippen LogP contribution < -0.4 is 4.74 Å². The van der Waals surface area contributed by atoms with E-state index in [1.807, 2.05) is 0 Å². The molecule has 5 heteroatoms. The van der Waals surface area contributed by atoms with Gasteiger partial charge in [0.1, 0.15) is 18.6 Å². The van der Waals surface area contributed by atoms with Gasteiger partial charge in [0.2, 0.25) is 0 Å². The Kier molecular flexibility index (Phi) is 2.21. The maximum absolute atomic E-state index is 11.9. The predicted octanol–water partition coefficient (Wildman–Crippen LogP) is 2.27. The van der Waals surface area contributed by atoms with Crippen LogP contribution in [0.2, 0.25) is 0 Å². The molecule has 65 valence electrons. The van der Waals surface area contributed by atoms with Crippen LogP contribution in [0.5, 0.6) is 5.75 Å². The normalized spacial score (nSPS) is 11.3. The van der Waals surface area contributed by atoms with Crippen LogP contribution in [-0.2, 0) is 6.18 Å². The predicted molar refractivity (Wildman–Crippen MR) is 35.2 cm³/mol. The summed E-state index contributed by atoms with van der Waals surface area (Å²) in [4.78, 5) is 3.13. The maximum atomic E-state index is 11.9. The topological polar surface area (TPSA) is 22.1 Å². The second-order valence-electron chi connectivity index (χ2n) is 2.02. The Morgan fingerprint density at radius 3 is 2.33 bits per heavy atom. The van der Waals surface area contributed by atoms with Crippen LogP contribution in [0.25, 0.3) is 0 Å². The Labute approximate surface area is 67.0 Å². The van der Waals surface area contributed by atoms with E-state index in [4.69, 9.17) is 0 Å². The van der Waals surface area contributed by atoms with Gasteiger partial charge in [0.25, 0.3) is 0 Å². The van der Waals surface area contributed by atoms with E-state index in [0.717, 1.165) is 18.3 Å². The van der Waals surface area contributed by atoms with Crippen LogP contribution in [0.3, 0.4) is 0 Å². The van der Waals surface area contributed by atoms with E-state index in [-0.39, 0.29) is 5.75 Å². The molecule has 0 N–H and O–H groups in total. The lowest BCUT2D eigenvalue weighted by Crippen LogP contribution is -2.06. The number of alkyl halides is 3. The third kappa shape index (κ3) is 1.87. The smallest absolute Gasteiger partial charge is 0.433 e. The number of rotatable bonds is 1. The van der Waals surface area contributed by atoms with Crippen molar-refractivity contribution in [1.82, 2.24) is 4.98 Å². The van der Waals surface area contributed by atoms with Crippen molar-refractivity contribution in [3.63, 3.8) is 0 Å². The van der Waals surface area contributed by atoms with Crippen LogP contribution in [0.1, 0.15) is 5.69 Å². The highest BCUT2D eigenvalue weighted by Crippen LogP contribution is 2.27. The van der Waals surface area contributed by atoms with Gasteiger partial charge in [0.15, 0.2) is 0 Å². The Morgan fingerprint density at radius 2 is 2.00 bits per heavy atom. The molecule has 0 aliphatic carbocycles. The summed E-state index contributed by atoms with van der Waals surface area (Å²) < 4.78 is 40.1. The standard InChI is InChI=1S/C7H5F3NO/c1-12-5-2-3-6(11-4-5)7(8,9)10/h2-4H,1H2. The molecular weight excluding hydrogens is 171 g/mol. The Morgan fingerprint density at radius 1 is 1.33 bits per heavy atom. The fourth-order valence-corrected chi connectivity index (χ4v) is 0.633. The van der Waals surface area contributed by atoms with Crippen molar-refractivity contribution in [1.29, 1.82) is 0 Å². The van der Waals surface area contributed by atoms with E-state index < -0.39 is 11.9 Å². The summed E-state index contributed by atoms with van der Waals surface area (Å²) in [6, 6.07) is 1.99. The quantitative estimate of drug-likeness (QED) is 0.654. The molecule has 0 atom stereocenters. The lowest BCUT2D eigenvalue weighted by atomic mass is 10.3. The molecule has 1 aromatic rings. The van der Waals surface area contributed by atoms with Gasteiger partial charge in [-0.05, 0) is 12.1 Å². The highest BCUT2D eigenvalue weighted by molar-refractivity contribution is 5.21. The average molecular weight is 176 g/mol. The Hall–Kier alpha value is -1.26. The van der Waals surface area contributed by atoms with Gasteiger partial charge < -0.3 is 4.74 Å². The van der Waals surface area contributed by atoms with Crippen LogP contribution in [0.15, 0.2) is 18.3 Å². The lowest BCUT2D eigenvalue weighted by molar-refractivity contribution is -0.141. The van der Waals surface area contributed by atoms with Crippen LogP contribution >= 0.6 is 0 Å². The summed E-state index contributed by atoms with van der Waals surface area (Å²) in [5.74, 6) is 0.197. The summed E-state index contributed by atoms with van der Waals surface area (Å²) >= 11 is 0. The van der Waals surface area contributed by atoms with E-state index >= 15 is 0 Å². The SMILES string of the molecule is [CH2]Oc1ccc(C(F)(F)F)nc1. The van der Waals surface area contributed by atoms with Crippen molar-refractivity contribution in [2.75, 3.05) is 0 Å². The van der Waals surface area contributed by atoms with E-state index in [2.05, 4.69) is 16.8 Å². The van der Waals surface area contributed by atoms with Crippen molar-refractivity contribution in [2.24, 2.45) is 0 Å². The highest BCUT2D eigenvalue weighted by Gasteiger charge is 2.31. The summed E-state index contributed by atoms with van der Waals surface area (Å²) in [6.45, 7) is 0. The van der Waals surface area contributed by atoms with Gasteiger partial charge in [0, 0.05) is 0 Å². The molecule has 0 saturated heterocycles. The molecule has 12 heavy (non-hydrogen) atoms. The zero-order chi connectivity index (χ0) is 9.19. The van der Waals surface area contributed by atoms with Crippen molar-refractivity contribution >= 4 is 0 Å². The minimum atomic E-state index is -4.40. The Bertz CT molecular complexity index is 254. The molecule has 0 amide bonds. The minimum Gasteiger partial charge on any atom is -0.488 e. The summed E-state index contributed by atoms with van der Waals surface area (Å²) in [7, 11) is 3.03. The van der Waals surface area contributed by atoms with Crippen LogP contribution in [0, 0.1) is 7.11 Å². The number of hydrogen-bond donors (Lipinski definition) is 0. The summed E-state index contributed by atoms with van der Waals surface area (Å²) in [5.41, 5.74) is -0.941. The van der Waals surface area contributed by atoms with E-state index in [1.54, 1.807) is 0 Å². The third-order valence-electron chi connectivity index (χ3n) is 1.19. The first-order chi connectivity index (χ1) is 5.54. The lowest BCUT2D eigenvalue weighted by Gasteiger charge is -2.05. The highest BCUT2D eigenvalue weighted by atomic mass is 19.4. The first-order valence-electron chi connectivity index (χ1n) is 2.99. The molecule has 0 saturated carbocycles. The molecule has 2 nitrogen and oxygen atoms in total. The third-order valence-corrected chi connectivity index (χ3v) is 1.19. The first kappa shape index (κ1) is 8.83. The van der Waals surface area contributed by atoms with Gasteiger partial charge in [-0.1, -0.05) is 0 Å². The van der Waals surface area contributed by atoms with Gasteiger partial charge in [-0.3, -0.25) is 0 Å². The zero-order valence-electron chi connectivity index (χ0n) is 5.93. The number of nitrogens with zero attached hydrogens (tertiary/aromatic N) is 1. The second kappa shape index (κ2) is 3.00. The molecule has 1 aromatic heterocycles. The fourth-order valence-electron chi connectivity index (χ4n) is 0.633. The number of hydrogen-bond acceptors (Lipinski definition) is 2. The van der Waals surface area contributed by atoms with Gasteiger partial charge in [-0.2, -0.15) is 13.2 Å². The molecular formula is C7H5F3NO. The molecule has 0 aromatic carbocycles. The monoisotopic (exact) mass is 176 g/mol. The summed E-state index contributed by atoms with van der Waals surface area (Å²) in [6.07, 6.45) is -3.43. The number of aromatic nitrogens is 1. The van der Waals surface area contributed by atoms with Gasteiger partial charge in [0.05, 0.1) is 6.20 Å². The number of ether oxygens (including phenoxy) is 1. The van der Waals surface area contributed by atoms with Gasteiger partial charge >= 0.3 is 6.18 Å². The van der Waals surface area contributed by atoms with Crippen LogP contribution in [-0.4, -0.2) is 4.98 Å². The molecule has 1 rings (SSSR count). The molecule has 0 aliphatic rings. The average Bonchev–Trinajstić information content (AvgIpc) is 2.03. The number of pyridine rings is 1. The van der Waals surface area contributed by atoms with Gasteiger partial charge in [-0.25, -0.2) is 4.98 Å². The molecule has 1 heterocycles. The Balaban J connectivity index is 2.93. The molecule has 0 unspecified atom stereocenters. The molecule has 1 radical (unpaired) electrons. The molecule has 0 bridgehead atoms. The minimum absolute atomic E-state index is 0.197. The van der Waals surface area contributed by atoms with Crippen LogP contribution in [0.4, 0.5) is 13.2 Å². The van der Waals surface area contributed by atoms with E-state index in [1.165, 1.54) is 0 Å². The largest absolute Gasteiger partial charge is 0.488 e. The van der Waals surface area contributed by atoms with E-state index in [0.29, 0.717) is 0 Å². The van der Waals surface area contributed by atoms with Crippen molar-refractivity contribution in [2.45, 2.75) is 6.18 Å². The van der Waals surface area contributed by atoms with Crippen molar-refractivity contribution in [3.05, 3.63) is 31.1 Å². The van der Waals surface area contributed by atoms with Gasteiger partial charge in [-0.15, -0.1) is 0 Å². The molecule has 0 fully saturated rings. The van der Waals surface area contributed by atoms with Crippen molar-refractivity contribution < 1.29 is 17.9 Å². The second-order valence-corrected chi connectivity index (χ2v) is 2.02. The van der Waals surface area contributed by atoms with E-state index in [9.17, 15) is 13.2 Å².